The topological polar surface area (TPSA) is 46.6 Å². The Hall–Kier alpha value is -2.53. The van der Waals surface area contributed by atoms with E-state index in [4.69, 9.17) is 4.74 Å². The molecule has 2 aliphatic rings. The van der Waals surface area contributed by atoms with Crippen molar-refractivity contribution in [2.75, 3.05) is 0 Å². The number of carbonyl (C=O) groups is 2. The van der Waals surface area contributed by atoms with Crippen LogP contribution in [0.4, 0.5) is 0 Å². The minimum absolute atomic E-state index is 0.00743. The first kappa shape index (κ1) is 18.8. The molecule has 0 aliphatic carbocycles. The molecule has 0 bridgehead atoms. The second-order valence-electron chi connectivity index (χ2n) is 7.65. The number of nitrogens with zero attached hydrogens (tertiary/aromatic N) is 1. The predicted octanol–water partition coefficient (Wildman–Crippen LogP) is 4.35. The van der Waals surface area contributed by atoms with Gasteiger partial charge in [-0.05, 0) is 17.0 Å². The van der Waals surface area contributed by atoms with Crippen LogP contribution in [0.1, 0.15) is 37.5 Å². The van der Waals surface area contributed by atoms with Crippen LogP contribution in [0.5, 0.6) is 0 Å². The van der Waals surface area contributed by atoms with Gasteiger partial charge in [0.05, 0.1) is 12.0 Å². The van der Waals surface area contributed by atoms with E-state index in [2.05, 4.69) is 12.6 Å². The maximum Gasteiger partial charge on any atom is 0.356 e. The van der Waals surface area contributed by atoms with Gasteiger partial charge in [0, 0.05) is 11.3 Å². The van der Waals surface area contributed by atoms with Crippen molar-refractivity contribution in [3.8, 4) is 0 Å². The molecule has 144 valence electrons. The van der Waals surface area contributed by atoms with Crippen molar-refractivity contribution in [3.63, 3.8) is 0 Å². The summed E-state index contributed by atoms with van der Waals surface area (Å²) in [6, 6.07) is 19.3. The highest BCUT2D eigenvalue weighted by atomic mass is 32.1. The minimum Gasteiger partial charge on any atom is -0.448 e. The van der Waals surface area contributed by atoms with Gasteiger partial charge in [0.25, 0.3) is 0 Å². The zero-order chi connectivity index (χ0) is 19.8. The maximum atomic E-state index is 13.1. The van der Waals surface area contributed by atoms with E-state index in [1.54, 1.807) is 4.90 Å². The van der Waals surface area contributed by atoms with E-state index in [9.17, 15) is 9.59 Å². The van der Waals surface area contributed by atoms with E-state index in [0.717, 1.165) is 11.1 Å². The van der Waals surface area contributed by atoms with E-state index in [-0.39, 0.29) is 23.8 Å². The quantitative estimate of drug-likeness (QED) is 0.467. The van der Waals surface area contributed by atoms with Crippen molar-refractivity contribution in [2.24, 2.45) is 11.8 Å². The average molecular weight is 394 g/mol. The molecular weight excluding hydrogens is 370 g/mol. The Bertz CT molecular complexity index is 884. The fraction of sp³-hybridized carbons (Fsp3) is 0.304. The summed E-state index contributed by atoms with van der Waals surface area (Å²) in [7, 11) is 0. The standard InChI is InChI=1S/C23H23NO3S/c1-14(2)19-17-13-18(28)20(24(17)22(19)25)23(26)27-21(15-9-5-3-6-10-15)16-11-7-4-8-12-16/h3-12,14,17,19,21,28H,13H2,1-2H3. The molecule has 1 saturated heterocycles. The molecular formula is C23H23NO3S. The van der Waals surface area contributed by atoms with Crippen LogP contribution in [0.2, 0.25) is 0 Å². The number of fused-ring (bicyclic) bond motifs is 1. The SMILES string of the molecule is CC(C)C1C(=O)N2C(C(=O)OC(c3ccccc3)c3ccccc3)=C(S)CC12. The molecule has 2 aliphatic heterocycles. The summed E-state index contributed by atoms with van der Waals surface area (Å²) in [4.78, 5) is 27.9. The molecule has 1 fully saturated rings. The maximum absolute atomic E-state index is 13.1. The molecule has 2 atom stereocenters. The summed E-state index contributed by atoms with van der Waals surface area (Å²) < 4.78 is 5.93. The highest BCUT2D eigenvalue weighted by molar-refractivity contribution is 7.84. The molecule has 0 aromatic heterocycles. The van der Waals surface area contributed by atoms with E-state index >= 15 is 0 Å². The molecule has 0 N–H and O–H groups in total. The van der Waals surface area contributed by atoms with Crippen LogP contribution < -0.4 is 0 Å². The minimum atomic E-state index is -0.542. The number of hydrogen-bond donors (Lipinski definition) is 1. The van der Waals surface area contributed by atoms with Crippen LogP contribution in [0.3, 0.4) is 0 Å². The molecule has 2 unspecified atom stereocenters. The van der Waals surface area contributed by atoms with Crippen LogP contribution in [-0.4, -0.2) is 22.8 Å². The van der Waals surface area contributed by atoms with Gasteiger partial charge in [-0.2, -0.15) is 0 Å². The lowest BCUT2D eigenvalue weighted by atomic mass is 9.79. The number of carbonyl (C=O) groups excluding carboxylic acids is 2. The third-order valence-corrected chi connectivity index (χ3v) is 5.92. The Morgan fingerprint density at radius 2 is 1.57 bits per heavy atom. The van der Waals surface area contributed by atoms with Crippen molar-refractivity contribution < 1.29 is 14.3 Å². The molecule has 5 heteroatoms. The zero-order valence-corrected chi connectivity index (χ0v) is 16.8. The molecule has 2 aromatic rings. The molecule has 0 radical (unpaired) electrons. The van der Waals surface area contributed by atoms with Gasteiger partial charge in [0.2, 0.25) is 5.91 Å². The van der Waals surface area contributed by atoms with E-state index < -0.39 is 12.1 Å². The van der Waals surface area contributed by atoms with Crippen molar-refractivity contribution in [1.82, 2.24) is 4.90 Å². The monoisotopic (exact) mass is 393 g/mol. The van der Waals surface area contributed by atoms with Crippen molar-refractivity contribution in [1.29, 1.82) is 0 Å². The lowest BCUT2D eigenvalue weighted by molar-refractivity contribution is -0.160. The lowest BCUT2D eigenvalue weighted by Gasteiger charge is -2.45. The first-order chi connectivity index (χ1) is 13.5. The highest BCUT2D eigenvalue weighted by Crippen LogP contribution is 2.46. The van der Waals surface area contributed by atoms with Gasteiger partial charge in [-0.1, -0.05) is 74.5 Å². The second-order valence-corrected chi connectivity index (χ2v) is 8.19. The number of thiol groups is 1. The van der Waals surface area contributed by atoms with E-state index in [1.165, 1.54) is 0 Å². The lowest BCUT2D eigenvalue weighted by Crippen LogP contribution is -2.60. The number of benzene rings is 2. The second kappa shape index (κ2) is 7.47. The fourth-order valence-corrected chi connectivity index (χ4v) is 4.57. The van der Waals surface area contributed by atoms with E-state index in [0.29, 0.717) is 17.0 Å². The van der Waals surface area contributed by atoms with Crippen molar-refractivity contribution in [2.45, 2.75) is 32.4 Å². The molecule has 2 heterocycles. The van der Waals surface area contributed by atoms with Gasteiger partial charge in [-0.25, -0.2) is 4.79 Å². The predicted molar refractivity (Wildman–Crippen MR) is 110 cm³/mol. The molecule has 0 spiro atoms. The normalized spacial score (nSPS) is 21.2. The van der Waals surface area contributed by atoms with Gasteiger partial charge >= 0.3 is 5.97 Å². The highest BCUT2D eigenvalue weighted by Gasteiger charge is 2.55. The number of hydrogen-bond acceptors (Lipinski definition) is 4. The molecule has 4 nitrogen and oxygen atoms in total. The number of ether oxygens (including phenoxy) is 1. The van der Waals surface area contributed by atoms with Crippen LogP contribution in [0.25, 0.3) is 0 Å². The number of β-lactam (4-membered cyclic amide) rings is 1. The van der Waals surface area contributed by atoms with Crippen LogP contribution in [-0.2, 0) is 14.3 Å². The van der Waals surface area contributed by atoms with Gasteiger partial charge < -0.3 is 9.64 Å². The molecule has 4 rings (SSSR count). The van der Waals surface area contributed by atoms with Gasteiger partial charge in [0.1, 0.15) is 5.70 Å². The first-order valence-electron chi connectivity index (χ1n) is 9.55. The van der Waals surface area contributed by atoms with Crippen LogP contribution >= 0.6 is 12.6 Å². The Labute approximate surface area is 170 Å². The van der Waals surface area contributed by atoms with Gasteiger partial charge in [0.15, 0.2) is 6.10 Å². The van der Waals surface area contributed by atoms with Crippen molar-refractivity contribution >= 4 is 24.5 Å². The van der Waals surface area contributed by atoms with E-state index in [1.807, 2.05) is 74.5 Å². The Balaban J connectivity index is 1.61. The fourth-order valence-electron chi connectivity index (χ4n) is 4.19. The molecule has 2 aromatic carbocycles. The summed E-state index contributed by atoms with van der Waals surface area (Å²) >= 11 is 4.52. The largest absolute Gasteiger partial charge is 0.448 e. The van der Waals surface area contributed by atoms with Gasteiger partial charge in [-0.3, -0.25) is 4.79 Å². The summed E-state index contributed by atoms with van der Waals surface area (Å²) in [5.74, 6) is -0.314. The summed E-state index contributed by atoms with van der Waals surface area (Å²) in [5.41, 5.74) is 2.06. The Morgan fingerprint density at radius 1 is 1.04 bits per heavy atom. The Kier molecular flexibility index (Phi) is 5.02. The molecule has 1 amide bonds. The smallest absolute Gasteiger partial charge is 0.356 e. The first-order valence-corrected chi connectivity index (χ1v) is 9.99. The zero-order valence-electron chi connectivity index (χ0n) is 15.9. The Morgan fingerprint density at radius 3 is 2.07 bits per heavy atom. The molecule has 28 heavy (non-hydrogen) atoms. The number of esters is 1. The van der Waals surface area contributed by atoms with Crippen molar-refractivity contribution in [3.05, 3.63) is 82.4 Å². The average Bonchev–Trinajstić information content (AvgIpc) is 2.99. The summed E-state index contributed by atoms with van der Waals surface area (Å²) in [5, 5.41) is 0. The summed E-state index contributed by atoms with van der Waals surface area (Å²) in [6.07, 6.45) is 0.0728. The molecule has 0 saturated carbocycles. The van der Waals surface area contributed by atoms with Crippen LogP contribution in [0, 0.1) is 11.8 Å². The van der Waals surface area contributed by atoms with Crippen LogP contribution in [0.15, 0.2) is 71.3 Å². The number of amides is 1. The number of rotatable bonds is 5. The third kappa shape index (κ3) is 3.14. The summed E-state index contributed by atoms with van der Waals surface area (Å²) in [6.45, 7) is 4.07. The van der Waals surface area contributed by atoms with Gasteiger partial charge in [-0.15, -0.1) is 12.6 Å². The third-order valence-electron chi connectivity index (χ3n) is 5.53.